The first-order valence-electron chi connectivity index (χ1n) is 10.5. The van der Waals surface area contributed by atoms with E-state index in [0.717, 1.165) is 11.8 Å². The third kappa shape index (κ3) is 5.52. The van der Waals surface area contributed by atoms with Crippen LogP contribution in [0, 0.1) is 0 Å². The zero-order valence-electron chi connectivity index (χ0n) is 18.7. The number of carbonyl (C=O) groups excluding carboxylic acids is 3. The van der Waals surface area contributed by atoms with E-state index in [4.69, 9.17) is 34.8 Å². The number of β-lactam (4-membered cyclic amide) rings is 1. The summed E-state index contributed by atoms with van der Waals surface area (Å²) in [7, 11) is 0. The van der Waals surface area contributed by atoms with E-state index in [1.54, 1.807) is 35.2 Å². The number of aromatic nitrogens is 1. The number of hydrogen-bond donors (Lipinski definition) is 2. The lowest BCUT2D eigenvalue weighted by Crippen LogP contribution is -2.71. The molecule has 188 valence electrons. The maximum Gasteiger partial charge on any atom is 0.352 e. The number of pyridine rings is 1. The van der Waals surface area contributed by atoms with Gasteiger partial charge in [-0.3, -0.25) is 19.3 Å². The fourth-order valence-electron chi connectivity index (χ4n) is 3.83. The van der Waals surface area contributed by atoms with E-state index >= 15 is 0 Å². The van der Waals surface area contributed by atoms with Crippen LogP contribution in [0.4, 0.5) is 0 Å². The highest BCUT2D eigenvalue weighted by Gasteiger charge is 2.54. The quantitative estimate of drug-likeness (QED) is 0.160. The molecule has 4 rings (SSSR count). The van der Waals surface area contributed by atoms with E-state index in [0.29, 0.717) is 36.9 Å². The van der Waals surface area contributed by atoms with Crippen LogP contribution in [0.15, 0.2) is 52.8 Å². The number of carbonyl (C=O) groups is 4. The Bertz CT molecular complexity index is 1320. The number of benzene rings is 1. The summed E-state index contributed by atoms with van der Waals surface area (Å²) < 4.78 is 1.71. The van der Waals surface area contributed by atoms with Crippen LogP contribution in [0.25, 0.3) is 0 Å². The van der Waals surface area contributed by atoms with Gasteiger partial charge in [-0.15, -0.1) is 23.5 Å². The summed E-state index contributed by atoms with van der Waals surface area (Å²) in [5, 5.41) is 13.0. The third-order valence-corrected chi connectivity index (χ3v) is 9.08. The lowest BCUT2D eigenvalue weighted by atomic mass is 10.0. The molecule has 0 aliphatic carbocycles. The van der Waals surface area contributed by atoms with E-state index in [-0.39, 0.29) is 23.8 Å². The highest BCUT2D eigenvalue weighted by atomic mass is 35.5. The number of amides is 2. The first kappa shape index (κ1) is 26.8. The Morgan fingerprint density at radius 3 is 2.64 bits per heavy atom. The maximum atomic E-state index is 12.9. The van der Waals surface area contributed by atoms with E-state index in [1.807, 2.05) is 0 Å². The average molecular weight is 588 g/mol. The fourth-order valence-corrected chi connectivity index (χ4v) is 6.71. The van der Waals surface area contributed by atoms with Crippen molar-refractivity contribution < 1.29 is 28.9 Å². The number of nitrogens with zero attached hydrogens (tertiary/aromatic N) is 2. The Balaban J connectivity index is 1.43. The number of carboxylic acids is 1. The molecule has 2 atom stereocenters. The normalized spacial score (nSPS) is 19.0. The zero-order chi connectivity index (χ0) is 26.1. The number of halogens is 3. The van der Waals surface area contributed by atoms with Crippen LogP contribution in [-0.2, 0) is 20.9 Å². The van der Waals surface area contributed by atoms with Gasteiger partial charge in [0, 0.05) is 22.3 Å². The smallest absolute Gasteiger partial charge is 0.352 e. The molecule has 36 heavy (non-hydrogen) atoms. The number of thioether (sulfide) groups is 2. The van der Waals surface area contributed by atoms with Crippen molar-refractivity contribution in [3.8, 4) is 0 Å². The molecule has 1 saturated heterocycles. The number of carboxylic acid groups (broad SMARTS) is 1. The molecular formula is C23H19Cl3N3O5S2+. The molecule has 0 radical (unpaired) electrons. The minimum absolute atomic E-state index is 0.0190. The minimum atomic E-state index is -1.22. The van der Waals surface area contributed by atoms with Gasteiger partial charge < -0.3 is 10.4 Å². The van der Waals surface area contributed by atoms with Gasteiger partial charge in [0.25, 0.3) is 5.91 Å². The summed E-state index contributed by atoms with van der Waals surface area (Å²) in [6, 6.07) is 5.60. The van der Waals surface area contributed by atoms with Crippen LogP contribution < -0.4 is 9.88 Å². The van der Waals surface area contributed by atoms with Crippen LogP contribution in [0.2, 0.25) is 15.1 Å². The molecule has 2 aliphatic heterocycles. The van der Waals surface area contributed by atoms with E-state index in [2.05, 4.69) is 5.32 Å². The number of rotatable bonds is 8. The zero-order valence-corrected chi connectivity index (χ0v) is 22.6. The SMILES string of the molecule is CC(=O)c1ccc[n+](CC2=C(C(=O)O)N3C(=O)[C@H](NC(=O)CSc4cc(Cl)c(Cl)cc4Cl)[C@H]3SC2)c1. The minimum Gasteiger partial charge on any atom is -0.477 e. The highest BCUT2D eigenvalue weighted by Crippen LogP contribution is 2.40. The molecule has 1 aromatic heterocycles. The van der Waals surface area contributed by atoms with Gasteiger partial charge in [0.15, 0.2) is 24.7 Å². The number of ketones is 1. The molecule has 0 unspecified atom stereocenters. The Morgan fingerprint density at radius 1 is 1.22 bits per heavy atom. The van der Waals surface area contributed by atoms with Crippen molar-refractivity contribution in [2.75, 3.05) is 11.5 Å². The van der Waals surface area contributed by atoms with Gasteiger partial charge in [0.05, 0.1) is 26.4 Å². The summed E-state index contributed by atoms with van der Waals surface area (Å²) in [4.78, 5) is 51.0. The molecule has 1 aromatic carbocycles. The first-order chi connectivity index (χ1) is 17.1. The van der Waals surface area contributed by atoms with Crippen LogP contribution in [0.1, 0.15) is 17.3 Å². The van der Waals surface area contributed by atoms with Gasteiger partial charge in [-0.1, -0.05) is 34.8 Å². The Hall–Kier alpha value is -2.24. The van der Waals surface area contributed by atoms with E-state index in [9.17, 15) is 24.3 Å². The Kier molecular flexibility index (Phi) is 8.21. The molecule has 0 saturated carbocycles. The van der Waals surface area contributed by atoms with Gasteiger partial charge in [-0.2, -0.15) is 0 Å². The van der Waals surface area contributed by atoms with Gasteiger partial charge in [-0.05, 0) is 25.1 Å². The van der Waals surface area contributed by atoms with Crippen molar-refractivity contribution in [3.05, 3.63) is 68.6 Å². The summed E-state index contributed by atoms with van der Waals surface area (Å²) >= 11 is 20.6. The molecule has 3 heterocycles. The van der Waals surface area contributed by atoms with E-state index in [1.165, 1.54) is 29.7 Å². The summed E-state index contributed by atoms with van der Waals surface area (Å²) in [6.07, 6.45) is 3.37. The van der Waals surface area contributed by atoms with Crippen molar-refractivity contribution in [3.63, 3.8) is 0 Å². The molecule has 2 aliphatic rings. The third-order valence-electron chi connectivity index (χ3n) is 5.54. The Morgan fingerprint density at radius 2 is 1.94 bits per heavy atom. The number of fused-ring (bicyclic) bond motifs is 1. The lowest BCUT2D eigenvalue weighted by Gasteiger charge is -2.49. The molecule has 1 fully saturated rings. The van der Waals surface area contributed by atoms with Crippen LogP contribution in [0.5, 0.6) is 0 Å². The second kappa shape index (κ2) is 11.0. The van der Waals surface area contributed by atoms with Gasteiger partial charge in [-0.25, -0.2) is 9.36 Å². The van der Waals surface area contributed by atoms with Crippen LogP contribution in [-0.4, -0.2) is 56.5 Å². The molecule has 2 N–H and O–H groups in total. The second-order valence-electron chi connectivity index (χ2n) is 8.02. The summed E-state index contributed by atoms with van der Waals surface area (Å²) in [5.41, 5.74) is 0.948. The Labute approximate surface area is 230 Å². The monoisotopic (exact) mass is 586 g/mol. The van der Waals surface area contributed by atoms with Crippen molar-refractivity contribution in [2.24, 2.45) is 0 Å². The molecule has 2 amide bonds. The number of aliphatic carboxylic acids is 1. The number of hydrogen-bond acceptors (Lipinski definition) is 6. The number of Topliss-reactive ketones (excluding diaryl/α,β-unsaturated/α-hetero) is 1. The molecule has 8 nitrogen and oxygen atoms in total. The van der Waals surface area contributed by atoms with Crippen molar-refractivity contribution in [1.29, 1.82) is 0 Å². The maximum absolute atomic E-state index is 12.9. The van der Waals surface area contributed by atoms with E-state index < -0.39 is 29.2 Å². The largest absolute Gasteiger partial charge is 0.477 e. The molecule has 2 aromatic rings. The topological polar surface area (TPSA) is 108 Å². The fraction of sp³-hybridized carbons (Fsp3) is 0.261. The average Bonchev–Trinajstić information content (AvgIpc) is 2.83. The first-order valence-corrected chi connectivity index (χ1v) is 13.7. The van der Waals surface area contributed by atoms with Gasteiger partial charge in [0.2, 0.25) is 5.91 Å². The predicted molar refractivity (Wildman–Crippen MR) is 139 cm³/mol. The molecular weight excluding hydrogens is 569 g/mol. The van der Waals surface area contributed by atoms with Gasteiger partial charge >= 0.3 is 5.97 Å². The number of nitrogens with one attached hydrogen (secondary N) is 1. The van der Waals surface area contributed by atoms with Crippen LogP contribution in [0.3, 0.4) is 0 Å². The van der Waals surface area contributed by atoms with Crippen molar-refractivity contribution in [2.45, 2.75) is 29.8 Å². The molecule has 13 heteroatoms. The van der Waals surface area contributed by atoms with Gasteiger partial charge in [0.1, 0.15) is 17.1 Å². The van der Waals surface area contributed by atoms with Crippen LogP contribution >= 0.6 is 58.3 Å². The summed E-state index contributed by atoms with van der Waals surface area (Å²) in [6.45, 7) is 1.66. The highest BCUT2D eigenvalue weighted by molar-refractivity contribution is 8.00. The lowest BCUT2D eigenvalue weighted by molar-refractivity contribution is -0.689. The van der Waals surface area contributed by atoms with Crippen molar-refractivity contribution in [1.82, 2.24) is 10.2 Å². The summed E-state index contributed by atoms with van der Waals surface area (Å²) in [5.74, 6) is -1.88. The predicted octanol–water partition coefficient (Wildman–Crippen LogP) is 3.67. The molecule has 0 spiro atoms. The standard InChI is InChI=1S/C23H18Cl3N3O5S2/c1-11(30)12-3-2-4-28(7-12)8-13-9-36-22-19(21(32)29(22)20(13)23(33)34)27-18(31)10-35-17-6-15(25)14(24)5-16(17)26/h2-7,19,22H,8-10H2,1H3,(H-,27,31,33,34)/p+1/t19-,22+/m0/s1. The molecule has 0 bridgehead atoms. The van der Waals surface area contributed by atoms with Crippen molar-refractivity contribution >= 4 is 81.9 Å². The second-order valence-corrected chi connectivity index (χ2v) is 11.4.